The zero-order valence-electron chi connectivity index (χ0n) is 16.7. The van der Waals surface area contributed by atoms with Crippen molar-refractivity contribution in [2.24, 2.45) is 5.41 Å². The molecule has 0 fully saturated rings. The molecule has 6 heteroatoms. The SMILES string of the molecule is [2H]C([2H])([2H])S(=O)(=O)N(CN(CCF)C(C)C(C)(C)C)C(C)(C)C. The fourth-order valence-corrected chi connectivity index (χ4v) is 2.88. The van der Waals surface area contributed by atoms with Crippen molar-refractivity contribution in [1.82, 2.24) is 9.21 Å². The Labute approximate surface area is 128 Å². The first kappa shape index (κ1) is 14.7. The van der Waals surface area contributed by atoms with Crippen LogP contribution in [0, 0.1) is 5.41 Å². The Morgan fingerprint density at radius 2 is 1.70 bits per heavy atom. The number of alkyl halides is 1. The minimum absolute atomic E-state index is 0.0432. The molecule has 0 aliphatic rings. The Morgan fingerprint density at radius 1 is 1.20 bits per heavy atom. The molecule has 1 unspecified atom stereocenters. The van der Waals surface area contributed by atoms with Gasteiger partial charge in [-0.1, -0.05) is 20.8 Å². The van der Waals surface area contributed by atoms with E-state index in [0.717, 1.165) is 4.31 Å². The summed E-state index contributed by atoms with van der Waals surface area (Å²) in [5.41, 5.74) is -1.14. The number of hydrogen-bond acceptors (Lipinski definition) is 3. The molecule has 0 aromatic rings. The lowest BCUT2D eigenvalue weighted by Crippen LogP contribution is -2.55. The zero-order valence-corrected chi connectivity index (χ0v) is 14.5. The van der Waals surface area contributed by atoms with Crippen LogP contribution in [0.1, 0.15) is 52.6 Å². The molecule has 0 bridgehead atoms. The number of rotatable bonds is 6. The van der Waals surface area contributed by atoms with E-state index in [1.54, 1.807) is 25.7 Å². The molecule has 0 rings (SSSR count). The molecule has 1 atom stereocenters. The second-order valence-electron chi connectivity index (χ2n) is 7.21. The van der Waals surface area contributed by atoms with Crippen LogP contribution in [-0.2, 0) is 10.0 Å². The first-order valence-electron chi connectivity index (χ1n) is 8.28. The van der Waals surface area contributed by atoms with Gasteiger partial charge in [0.05, 0.1) is 12.9 Å². The standard InChI is InChI=1S/C14H31FN2O2S/c1-12(13(2,3)4)16(10-9-15)11-17(14(5,6)7)20(8,18)19/h12H,9-11H2,1-8H3/i8D3. The fraction of sp³-hybridized carbons (Fsp3) is 1.00. The summed E-state index contributed by atoms with van der Waals surface area (Å²) in [5, 5.41) is 0. The van der Waals surface area contributed by atoms with E-state index < -0.39 is 28.4 Å². The van der Waals surface area contributed by atoms with E-state index in [1.165, 1.54) is 0 Å². The van der Waals surface area contributed by atoms with Crippen molar-refractivity contribution in [1.29, 1.82) is 0 Å². The molecule has 0 spiro atoms. The van der Waals surface area contributed by atoms with Gasteiger partial charge in [0.2, 0.25) is 10.0 Å². The van der Waals surface area contributed by atoms with Gasteiger partial charge in [-0.25, -0.2) is 12.8 Å². The van der Waals surface area contributed by atoms with Crippen molar-refractivity contribution >= 4 is 10.0 Å². The summed E-state index contributed by atoms with van der Waals surface area (Å²) in [6.07, 6.45) is -3.15. The fourth-order valence-electron chi connectivity index (χ4n) is 1.86. The van der Waals surface area contributed by atoms with Crippen LogP contribution in [0.25, 0.3) is 0 Å². The molecule has 0 heterocycles. The van der Waals surface area contributed by atoms with Gasteiger partial charge in [-0.15, -0.1) is 0 Å². The van der Waals surface area contributed by atoms with Crippen molar-refractivity contribution in [2.75, 3.05) is 26.1 Å². The molecule has 0 aliphatic carbocycles. The maximum atomic E-state index is 12.9. The summed E-state index contributed by atoms with van der Waals surface area (Å²) in [6.45, 7) is 12.0. The highest BCUT2D eigenvalue weighted by Crippen LogP contribution is 2.26. The summed E-state index contributed by atoms with van der Waals surface area (Å²) in [4.78, 5) is 1.68. The molecule has 0 aromatic carbocycles. The Bertz CT molecular complexity index is 482. The zero-order chi connectivity index (χ0) is 18.9. The number of nitrogens with zero attached hydrogens (tertiary/aromatic N) is 2. The predicted octanol–water partition coefficient (Wildman–Crippen LogP) is 2.71. The van der Waals surface area contributed by atoms with Crippen LogP contribution < -0.4 is 0 Å². The maximum absolute atomic E-state index is 12.9. The summed E-state index contributed by atoms with van der Waals surface area (Å²) >= 11 is 0. The third-order valence-electron chi connectivity index (χ3n) is 3.52. The lowest BCUT2D eigenvalue weighted by Gasteiger charge is -2.43. The van der Waals surface area contributed by atoms with E-state index in [0.29, 0.717) is 0 Å². The normalized spacial score (nSPS) is 18.8. The van der Waals surface area contributed by atoms with Crippen molar-refractivity contribution < 1.29 is 16.9 Å². The topological polar surface area (TPSA) is 40.6 Å². The Kier molecular flexibility index (Phi) is 4.94. The van der Waals surface area contributed by atoms with Crippen LogP contribution in [0.3, 0.4) is 0 Å². The quantitative estimate of drug-likeness (QED) is 0.708. The molecule has 4 nitrogen and oxygen atoms in total. The first-order valence-corrected chi connectivity index (χ1v) is 8.22. The molecular weight excluding hydrogens is 279 g/mol. The lowest BCUT2D eigenvalue weighted by molar-refractivity contribution is 0.0498. The summed E-state index contributed by atoms with van der Waals surface area (Å²) in [5.74, 6) is 0. The molecule has 0 N–H and O–H groups in total. The van der Waals surface area contributed by atoms with Gasteiger partial charge in [-0.05, 0) is 33.1 Å². The molecule has 0 radical (unpaired) electrons. The van der Waals surface area contributed by atoms with E-state index in [9.17, 15) is 12.8 Å². The van der Waals surface area contributed by atoms with Gasteiger partial charge in [0, 0.05) is 22.2 Å². The van der Waals surface area contributed by atoms with Gasteiger partial charge in [0.15, 0.2) is 0 Å². The van der Waals surface area contributed by atoms with Gasteiger partial charge in [-0.2, -0.15) is 4.31 Å². The molecule has 0 aromatic heterocycles. The van der Waals surface area contributed by atoms with E-state index in [1.807, 2.05) is 27.7 Å². The number of sulfonamides is 1. The number of hydrogen-bond donors (Lipinski definition) is 0. The Hall–Kier alpha value is -0.200. The molecule has 0 aliphatic heterocycles. The van der Waals surface area contributed by atoms with Gasteiger partial charge < -0.3 is 0 Å². The summed E-state index contributed by atoms with van der Waals surface area (Å²) < 4.78 is 60.8. The van der Waals surface area contributed by atoms with Crippen molar-refractivity contribution in [2.45, 2.75) is 60.0 Å². The highest BCUT2D eigenvalue weighted by molar-refractivity contribution is 7.88. The second kappa shape index (κ2) is 6.71. The average Bonchev–Trinajstić information content (AvgIpc) is 2.28. The second-order valence-corrected chi connectivity index (χ2v) is 8.60. The predicted molar refractivity (Wildman–Crippen MR) is 82.9 cm³/mol. The third-order valence-corrected chi connectivity index (χ3v) is 4.76. The summed E-state index contributed by atoms with van der Waals surface area (Å²) in [7, 11) is -4.52. The van der Waals surface area contributed by atoms with Gasteiger partial charge in [0.25, 0.3) is 0 Å². The lowest BCUT2D eigenvalue weighted by atomic mass is 9.87. The van der Waals surface area contributed by atoms with Crippen LogP contribution in [0.4, 0.5) is 4.39 Å². The van der Waals surface area contributed by atoms with Crippen molar-refractivity contribution in [3.63, 3.8) is 0 Å². The van der Waals surface area contributed by atoms with E-state index in [2.05, 4.69) is 0 Å². The van der Waals surface area contributed by atoms with Gasteiger partial charge >= 0.3 is 0 Å². The monoisotopic (exact) mass is 313 g/mol. The first-order chi connectivity index (χ1) is 9.96. The van der Waals surface area contributed by atoms with Crippen LogP contribution in [0.2, 0.25) is 0 Å². The van der Waals surface area contributed by atoms with Gasteiger partial charge in [0.1, 0.15) is 6.67 Å². The Balaban J connectivity index is 5.78. The molecule has 0 saturated carbocycles. The molecule has 0 saturated heterocycles. The third kappa shape index (κ3) is 6.06. The van der Waals surface area contributed by atoms with Crippen molar-refractivity contribution in [3.8, 4) is 0 Å². The molecule has 0 amide bonds. The largest absolute Gasteiger partial charge is 0.284 e. The maximum Gasteiger partial charge on any atom is 0.212 e. The minimum atomic E-state index is -4.52. The van der Waals surface area contributed by atoms with Gasteiger partial charge in [-0.3, -0.25) is 4.90 Å². The molecule has 20 heavy (non-hydrogen) atoms. The van der Waals surface area contributed by atoms with Crippen LogP contribution in [0.5, 0.6) is 0 Å². The van der Waals surface area contributed by atoms with Crippen LogP contribution >= 0.6 is 0 Å². The van der Waals surface area contributed by atoms with E-state index in [-0.39, 0.29) is 24.7 Å². The minimum Gasteiger partial charge on any atom is -0.284 e. The average molecular weight is 313 g/mol. The van der Waals surface area contributed by atoms with Crippen molar-refractivity contribution in [3.05, 3.63) is 0 Å². The highest BCUT2D eigenvalue weighted by atomic mass is 32.2. The smallest absolute Gasteiger partial charge is 0.212 e. The highest BCUT2D eigenvalue weighted by Gasteiger charge is 2.34. The summed E-state index contributed by atoms with van der Waals surface area (Å²) in [6, 6.07) is -0.130. The van der Waals surface area contributed by atoms with Crippen LogP contribution in [0.15, 0.2) is 0 Å². The van der Waals surface area contributed by atoms with Crippen LogP contribution in [-0.4, -0.2) is 55.3 Å². The number of halogens is 1. The Morgan fingerprint density at radius 3 is 2.00 bits per heavy atom. The molecular formula is C14H31FN2O2S. The van der Waals surface area contributed by atoms with E-state index >= 15 is 0 Å². The van der Waals surface area contributed by atoms with E-state index in [4.69, 9.17) is 4.11 Å². The molecule has 122 valence electrons.